The number of halogens is 1. The van der Waals surface area contributed by atoms with Crippen LogP contribution in [0.1, 0.15) is 6.92 Å². The van der Waals surface area contributed by atoms with Crippen LogP contribution in [0, 0.1) is 5.82 Å². The number of benzene rings is 2. The molecule has 3 rings (SSSR count). The number of methoxy groups -OCH3 is 1. The molecule has 28 heavy (non-hydrogen) atoms. The summed E-state index contributed by atoms with van der Waals surface area (Å²) in [6.45, 7) is 2.33. The molecule has 0 atom stereocenters. The average molecular weight is 403 g/mol. The Morgan fingerprint density at radius 3 is 2.57 bits per heavy atom. The van der Waals surface area contributed by atoms with Crippen molar-refractivity contribution in [3.05, 3.63) is 60.4 Å². The maximum absolute atomic E-state index is 13.6. The molecule has 0 unspecified atom stereocenters. The minimum absolute atomic E-state index is 0.0439. The molecule has 9 heteroatoms. The fourth-order valence-corrected chi connectivity index (χ4v) is 3.74. The summed E-state index contributed by atoms with van der Waals surface area (Å²) in [6.07, 6.45) is 0. The molecule has 0 saturated heterocycles. The van der Waals surface area contributed by atoms with E-state index in [9.17, 15) is 12.8 Å². The Labute approximate surface area is 162 Å². The van der Waals surface area contributed by atoms with E-state index in [1.54, 1.807) is 36.4 Å². The number of nitrogens with zero attached hydrogens (tertiary/aromatic N) is 2. The van der Waals surface area contributed by atoms with Crippen molar-refractivity contribution < 1.29 is 22.3 Å². The van der Waals surface area contributed by atoms with E-state index in [0.717, 1.165) is 12.1 Å². The molecule has 0 radical (unpaired) electrons. The Morgan fingerprint density at radius 2 is 1.89 bits per heavy atom. The monoisotopic (exact) mass is 403 g/mol. The summed E-state index contributed by atoms with van der Waals surface area (Å²) in [6, 6.07) is 13.3. The maximum Gasteiger partial charge on any atom is 0.265 e. The SMILES string of the molecule is CCOc1ccc(-c2cccc(NS(=O)(=O)c3cc(F)ccc3OC)c2)nn1. The van der Waals surface area contributed by atoms with E-state index in [1.165, 1.54) is 13.2 Å². The number of anilines is 1. The molecule has 0 aliphatic rings. The molecule has 0 aliphatic carbocycles. The van der Waals surface area contributed by atoms with Crippen molar-refractivity contribution in [1.29, 1.82) is 0 Å². The predicted octanol–water partition coefficient (Wildman–Crippen LogP) is 3.49. The Hall–Kier alpha value is -3.20. The van der Waals surface area contributed by atoms with Crippen LogP contribution in [-0.2, 0) is 10.0 Å². The zero-order valence-electron chi connectivity index (χ0n) is 15.2. The average Bonchev–Trinajstić information content (AvgIpc) is 2.69. The molecular weight excluding hydrogens is 385 g/mol. The normalized spacial score (nSPS) is 11.1. The van der Waals surface area contributed by atoms with Crippen LogP contribution < -0.4 is 14.2 Å². The second-order valence-electron chi connectivity index (χ2n) is 5.67. The number of hydrogen-bond acceptors (Lipinski definition) is 6. The standard InChI is InChI=1S/C19H18FN3O4S/c1-3-27-19-10-8-16(21-22-19)13-5-4-6-15(11-13)23-28(24,25)18-12-14(20)7-9-17(18)26-2/h4-12,23H,3H2,1-2H3. The van der Waals surface area contributed by atoms with Gasteiger partial charge in [-0.25, -0.2) is 12.8 Å². The van der Waals surface area contributed by atoms with Gasteiger partial charge in [0.15, 0.2) is 0 Å². The molecule has 2 aromatic carbocycles. The second-order valence-corrected chi connectivity index (χ2v) is 7.32. The fourth-order valence-electron chi connectivity index (χ4n) is 2.51. The van der Waals surface area contributed by atoms with E-state index in [1.807, 2.05) is 6.92 Å². The van der Waals surface area contributed by atoms with Crippen molar-refractivity contribution >= 4 is 15.7 Å². The highest BCUT2D eigenvalue weighted by atomic mass is 32.2. The van der Waals surface area contributed by atoms with Crippen LogP contribution in [0.3, 0.4) is 0 Å². The highest BCUT2D eigenvalue weighted by Crippen LogP contribution is 2.28. The number of sulfonamides is 1. The summed E-state index contributed by atoms with van der Waals surface area (Å²) < 4.78 is 51.7. The van der Waals surface area contributed by atoms with E-state index >= 15 is 0 Å². The largest absolute Gasteiger partial charge is 0.495 e. The Balaban J connectivity index is 1.89. The number of ether oxygens (including phenoxy) is 2. The van der Waals surface area contributed by atoms with E-state index in [-0.39, 0.29) is 10.6 Å². The fraction of sp³-hybridized carbons (Fsp3) is 0.158. The van der Waals surface area contributed by atoms with Gasteiger partial charge >= 0.3 is 0 Å². The molecule has 3 aromatic rings. The number of rotatable bonds is 7. The van der Waals surface area contributed by atoms with E-state index < -0.39 is 15.8 Å². The minimum Gasteiger partial charge on any atom is -0.495 e. The zero-order chi connectivity index (χ0) is 20.1. The number of aromatic nitrogens is 2. The van der Waals surface area contributed by atoms with Gasteiger partial charge in [0, 0.05) is 17.3 Å². The molecule has 1 N–H and O–H groups in total. The van der Waals surface area contributed by atoms with Gasteiger partial charge in [0.1, 0.15) is 16.5 Å². The topological polar surface area (TPSA) is 90.4 Å². The molecule has 7 nitrogen and oxygen atoms in total. The molecule has 1 aromatic heterocycles. The van der Waals surface area contributed by atoms with Gasteiger partial charge in [0.05, 0.1) is 19.4 Å². The molecule has 0 bridgehead atoms. The van der Waals surface area contributed by atoms with Crippen LogP contribution in [0.25, 0.3) is 11.3 Å². The van der Waals surface area contributed by atoms with Gasteiger partial charge in [-0.15, -0.1) is 10.2 Å². The van der Waals surface area contributed by atoms with Crippen LogP contribution in [0.2, 0.25) is 0 Å². The molecule has 0 saturated carbocycles. The van der Waals surface area contributed by atoms with Gasteiger partial charge in [-0.1, -0.05) is 12.1 Å². The first kappa shape index (κ1) is 19.6. The van der Waals surface area contributed by atoms with Gasteiger partial charge < -0.3 is 9.47 Å². The van der Waals surface area contributed by atoms with E-state index in [0.29, 0.717) is 29.4 Å². The quantitative estimate of drug-likeness (QED) is 0.649. The van der Waals surface area contributed by atoms with Crippen LogP contribution in [0.15, 0.2) is 59.5 Å². The molecule has 0 aliphatic heterocycles. The summed E-state index contributed by atoms with van der Waals surface area (Å²) in [4.78, 5) is -0.290. The number of nitrogens with one attached hydrogen (secondary N) is 1. The predicted molar refractivity (Wildman–Crippen MR) is 102 cm³/mol. The van der Waals surface area contributed by atoms with Crippen molar-refractivity contribution in [3.8, 4) is 22.9 Å². The lowest BCUT2D eigenvalue weighted by molar-refractivity contribution is 0.323. The lowest BCUT2D eigenvalue weighted by Crippen LogP contribution is -2.14. The van der Waals surface area contributed by atoms with Gasteiger partial charge in [-0.05, 0) is 43.3 Å². The highest BCUT2D eigenvalue weighted by Gasteiger charge is 2.21. The molecule has 146 valence electrons. The van der Waals surface area contributed by atoms with Crippen LogP contribution in [0.5, 0.6) is 11.6 Å². The van der Waals surface area contributed by atoms with Crippen LogP contribution in [-0.4, -0.2) is 32.3 Å². The summed E-state index contributed by atoms with van der Waals surface area (Å²) in [7, 11) is -2.75. The molecular formula is C19H18FN3O4S. The summed E-state index contributed by atoms with van der Waals surface area (Å²) in [5.74, 6) is -0.233. The third kappa shape index (κ3) is 4.37. The first-order valence-electron chi connectivity index (χ1n) is 8.36. The molecule has 0 fully saturated rings. The van der Waals surface area contributed by atoms with Crippen LogP contribution in [0.4, 0.5) is 10.1 Å². The highest BCUT2D eigenvalue weighted by molar-refractivity contribution is 7.92. The van der Waals surface area contributed by atoms with Gasteiger partial charge in [-0.3, -0.25) is 4.72 Å². The van der Waals surface area contributed by atoms with Crippen LogP contribution >= 0.6 is 0 Å². The lowest BCUT2D eigenvalue weighted by atomic mass is 10.1. The molecule has 1 heterocycles. The Kier molecular flexibility index (Phi) is 5.74. The maximum atomic E-state index is 13.6. The first-order chi connectivity index (χ1) is 13.4. The number of hydrogen-bond donors (Lipinski definition) is 1. The smallest absolute Gasteiger partial charge is 0.265 e. The third-order valence-electron chi connectivity index (χ3n) is 3.76. The van der Waals surface area contributed by atoms with Crippen molar-refractivity contribution in [2.75, 3.05) is 18.4 Å². The van der Waals surface area contributed by atoms with Crippen molar-refractivity contribution in [2.24, 2.45) is 0 Å². The summed E-state index contributed by atoms with van der Waals surface area (Å²) in [5.41, 5.74) is 1.49. The minimum atomic E-state index is -4.06. The van der Waals surface area contributed by atoms with E-state index in [2.05, 4.69) is 14.9 Å². The van der Waals surface area contributed by atoms with Crippen molar-refractivity contribution in [2.45, 2.75) is 11.8 Å². The summed E-state index contributed by atoms with van der Waals surface area (Å²) >= 11 is 0. The summed E-state index contributed by atoms with van der Waals surface area (Å²) in [5, 5.41) is 8.04. The third-order valence-corrected chi connectivity index (χ3v) is 5.16. The Bertz CT molecular complexity index is 1070. The molecule has 0 amide bonds. The second kappa shape index (κ2) is 8.22. The van der Waals surface area contributed by atoms with Gasteiger partial charge in [0.25, 0.3) is 10.0 Å². The van der Waals surface area contributed by atoms with Crippen molar-refractivity contribution in [3.63, 3.8) is 0 Å². The van der Waals surface area contributed by atoms with Gasteiger partial charge in [-0.2, -0.15) is 0 Å². The molecule has 0 spiro atoms. The Morgan fingerprint density at radius 1 is 1.07 bits per heavy atom. The first-order valence-corrected chi connectivity index (χ1v) is 9.84. The van der Waals surface area contributed by atoms with Gasteiger partial charge in [0.2, 0.25) is 5.88 Å². The van der Waals surface area contributed by atoms with E-state index in [4.69, 9.17) is 9.47 Å². The zero-order valence-corrected chi connectivity index (χ0v) is 16.0. The van der Waals surface area contributed by atoms with Crippen molar-refractivity contribution in [1.82, 2.24) is 10.2 Å². The lowest BCUT2D eigenvalue weighted by Gasteiger charge is -2.12.